The average molecular weight is 476 g/mol. The number of amides is 2. The van der Waals surface area contributed by atoms with Gasteiger partial charge in [-0.25, -0.2) is 4.79 Å². The first-order valence-electron chi connectivity index (χ1n) is 11.6. The number of rotatable bonds is 7. The van der Waals surface area contributed by atoms with E-state index >= 15 is 0 Å². The van der Waals surface area contributed by atoms with E-state index in [1.807, 2.05) is 36.4 Å². The molecule has 0 spiro atoms. The number of nitrogens with zero attached hydrogens (tertiary/aromatic N) is 1. The lowest BCUT2D eigenvalue weighted by Crippen LogP contribution is -2.34. The molecule has 180 valence electrons. The van der Waals surface area contributed by atoms with Gasteiger partial charge in [-0.05, 0) is 41.5 Å². The van der Waals surface area contributed by atoms with Crippen molar-refractivity contribution in [2.24, 2.45) is 5.92 Å². The first-order chi connectivity index (χ1) is 17.0. The lowest BCUT2D eigenvalue weighted by molar-refractivity contribution is -0.141. The maximum absolute atomic E-state index is 12.6. The van der Waals surface area contributed by atoms with Gasteiger partial charge in [-0.15, -0.1) is 0 Å². The minimum Gasteiger partial charge on any atom is -0.481 e. The summed E-state index contributed by atoms with van der Waals surface area (Å²) in [6.45, 7) is 0.136. The van der Waals surface area contributed by atoms with Gasteiger partial charge in [0.1, 0.15) is 24.1 Å². The molecule has 2 aliphatic carbocycles. The topological polar surface area (TPSA) is 131 Å². The number of hydrogen-bond acceptors (Lipinski definition) is 6. The molecule has 0 saturated heterocycles. The first-order valence-corrected chi connectivity index (χ1v) is 11.6. The van der Waals surface area contributed by atoms with E-state index in [4.69, 9.17) is 14.4 Å². The van der Waals surface area contributed by atoms with Crippen molar-refractivity contribution in [2.75, 3.05) is 6.61 Å². The van der Waals surface area contributed by atoms with Gasteiger partial charge < -0.3 is 25.0 Å². The highest BCUT2D eigenvalue weighted by Crippen LogP contribution is 2.44. The van der Waals surface area contributed by atoms with Crippen LogP contribution in [0.25, 0.3) is 11.1 Å². The van der Waals surface area contributed by atoms with E-state index in [0.29, 0.717) is 19.3 Å². The molecule has 1 aromatic heterocycles. The molecule has 2 atom stereocenters. The molecule has 0 radical (unpaired) electrons. The quantitative estimate of drug-likeness (QED) is 0.475. The van der Waals surface area contributed by atoms with E-state index in [1.165, 1.54) is 6.26 Å². The predicted octanol–water partition coefficient (Wildman–Crippen LogP) is 3.70. The van der Waals surface area contributed by atoms with Crippen LogP contribution < -0.4 is 10.6 Å². The number of aromatic nitrogens is 1. The summed E-state index contributed by atoms with van der Waals surface area (Å²) >= 11 is 0. The molecule has 0 bridgehead atoms. The Labute approximate surface area is 201 Å². The van der Waals surface area contributed by atoms with Gasteiger partial charge in [-0.2, -0.15) is 0 Å². The summed E-state index contributed by atoms with van der Waals surface area (Å²) < 4.78 is 10.5. The standard InChI is InChI=1S/C26H25N3O6/c30-24(28-16-10-9-15(11-16)25(31)32)22-14-35-29-23(22)12-27-26(33)34-13-21-19-7-3-1-5-17(19)18-6-2-4-8-20(18)21/h1-8,14-16,21H,9-13H2,(H,27,33)(H,28,30)(H,31,32)/t15-,16+/m0/s1. The Morgan fingerprint density at radius 2 is 1.71 bits per heavy atom. The second-order valence-electron chi connectivity index (χ2n) is 8.87. The molecule has 1 heterocycles. The number of carbonyl (C=O) groups is 3. The highest BCUT2D eigenvalue weighted by Gasteiger charge is 2.32. The summed E-state index contributed by atoms with van der Waals surface area (Å²) in [4.78, 5) is 36.2. The van der Waals surface area contributed by atoms with Crippen molar-refractivity contribution < 1.29 is 28.8 Å². The fourth-order valence-electron chi connectivity index (χ4n) is 4.98. The lowest BCUT2D eigenvalue weighted by Gasteiger charge is -2.14. The summed E-state index contributed by atoms with van der Waals surface area (Å²) in [7, 11) is 0. The van der Waals surface area contributed by atoms with Gasteiger partial charge in [-0.1, -0.05) is 53.7 Å². The van der Waals surface area contributed by atoms with Crippen molar-refractivity contribution >= 4 is 18.0 Å². The number of alkyl carbamates (subject to hydrolysis) is 1. The minimum atomic E-state index is -0.847. The molecule has 5 rings (SSSR count). The smallest absolute Gasteiger partial charge is 0.407 e. The Balaban J connectivity index is 1.16. The van der Waals surface area contributed by atoms with Crippen LogP contribution in [-0.2, 0) is 16.1 Å². The zero-order valence-electron chi connectivity index (χ0n) is 18.9. The number of fused-ring (bicyclic) bond motifs is 3. The number of carboxylic acid groups (broad SMARTS) is 1. The highest BCUT2D eigenvalue weighted by atomic mass is 16.5. The largest absolute Gasteiger partial charge is 0.481 e. The van der Waals surface area contributed by atoms with Crippen LogP contribution in [-0.4, -0.2) is 40.9 Å². The zero-order chi connectivity index (χ0) is 24.4. The van der Waals surface area contributed by atoms with Crippen LogP contribution in [0.2, 0.25) is 0 Å². The molecule has 0 aliphatic heterocycles. The van der Waals surface area contributed by atoms with Crippen molar-refractivity contribution in [3.8, 4) is 11.1 Å². The van der Waals surface area contributed by atoms with Gasteiger partial charge in [0.05, 0.1) is 12.5 Å². The molecule has 0 unspecified atom stereocenters. The fourth-order valence-corrected chi connectivity index (χ4v) is 4.98. The second kappa shape index (κ2) is 9.61. The summed E-state index contributed by atoms with van der Waals surface area (Å²) in [6, 6.07) is 15.9. The van der Waals surface area contributed by atoms with E-state index in [2.05, 4.69) is 27.9 Å². The third kappa shape index (κ3) is 4.62. The maximum Gasteiger partial charge on any atom is 0.407 e. The summed E-state index contributed by atoms with van der Waals surface area (Å²) in [5, 5.41) is 18.4. The van der Waals surface area contributed by atoms with Gasteiger partial charge in [-0.3, -0.25) is 9.59 Å². The number of carbonyl (C=O) groups excluding carboxylic acids is 2. The van der Waals surface area contributed by atoms with Crippen molar-refractivity contribution in [1.82, 2.24) is 15.8 Å². The Hall–Kier alpha value is -4.14. The van der Waals surface area contributed by atoms with E-state index in [0.717, 1.165) is 22.3 Å². The average Bonchev–Trinajstić information content (AvgIpc) is 3.59. The first kappa shape index (κ1) is 22.6. The molecule has 9 heteroatoms. The van der Waals surface area contributed by atoms with Crippen LogP contribution in [0, 0.1) is 5.92 Å². The van der Waals surface area contributed by atoms with E-state index < -0.39 is 23.9 Å². The van der Waals surface area contributed by atoms with E-state index in [9.17, 15) is 14.4 Å². The van der Waals surface area contributed by atoms with Crippen LogP contribution >= 0.6 is 0 Å². The van der Waals surface area contributed by atoms with Gasteiger partial charge >= 0.3 is 12.1 Å². The third-order valence-corrected chi connectivity index (χ3v) is 6.75. The molecular formula is C26H25N3O6. The molecule has 1 saturated carbocycles. The Kier molecular flexibility index (Phi) is 6.22. The predicted molar refractivity (Wildman–Crippen MR) is 125 cm³/mol. The number of nitrogens with one attached hydrogen (secondary N) is 2. The van der Waals surface area contributed by atoms with Crippen LogP contribution in [0.3, 0.4) is 0 Å². The molecule has 2 aromatic carbocycles. The third-order valence-electron chi connectivity index (χ3n) is 6.75. The molecule has 2 aliphatic rings. The summed E-state index contributed by atoms with van der Waals surface area (Å²) in [6.07, 6.45) is 2.11. The summed E-state index contributed by atoms with van der Waals surface area (Å²) in [5.74, 6) is -1.76. The van der Waals surface area contributed by atoms with E-state index in [-0.39, 0.29) is 36.4 Å². The fraction of sp³-hybridized carbons (Fsp3) is 0.308. The highest BCUT2D eigenvalue weighted by molar-refractivity contribution is 5.95. The Morgan fingerprint density at radius 3 is 2.37 bits per heavy atom. The second-order valence-corrected chi connectivity index (χ2v) is 8.87. The number of hydrogen-bond donors (Lipinski definition) is 3. The van der Waals surface area contributed by atoms with Crippen molar-refractivity contribution in [3.05, 3.63) is 77.2 Å². The molecule has 3 aromatic rings. The molecule has 9 nitrogen and oxygen atoms in total. The van der Waals surface area contributed by atoms with Crippen LogP contribution in [0.5, 0.6) is 0 Å². The Bertz CT molecular complexity index is 1220. The SMILES string of the molecule is O=C(NCc1nocc1C(=O)N[C@@H]1CC[C@H](C(=O)O)C1)OCC1c2ccccc2-c2ccccc21. The van der Waals surface area contributed by atoms with Gasteiger partial charge in [0.25, 0.3) is 5.91 Å². The molecule has 3 N–H and O–H groups in total. The minimum absolute atomic E-state index is 0.0433. The maximum atomic E-state index is 12.6. The number of aliphatic carboxylic acids is 1. The zero-order valence-corrected chi connectivity index (χ0v) is 18.9. The molecule has 1 fully saturated rings. The van der Waals surface area contributed by atoms with Crippen LogP contribution in [0.4, 0.5) is 4.79 Å². The number of benzene rings is 2. The lowest BCUT2D eigenvalue weighted by atomic mass is 9.98. The van der Waals surface area contributed by atoms with Crippen molar-refractivity contribution in [1.29, 1.82) is 0 Å². The monoisotopic (exact) mass is 475 g/mol. The van der Waals surface area contributed by atoms with Crippen LogP contribution in [0.1, 0.15) is 52.4 Å². The van der Waals surface area contributed by atoms with Crippen molar-refractivity contribution in [2.45, 2.75) is 37.8 Å². The number of carboxylic acids is 1. The van der Waals surface area contributed by atoms with Gasteiger partial charge in [0.2, 0.25) is 0 Å². The molecule has 2 amide bonds. The number of ether oxygens (including phenoxy) is 1. The Morgan fingerprint density at radius 1 is 1.03 bits per heavy atom. The van der Waals surface area contributed by atoms with Gasteiger partial charge in [0, 0.05) is 12.0 Å². The van der Waals surface area contributed by atoms with Crippen LogP contribution in [0.15, 0.2) is 59.3 Å². The molecule has 35 heavy (non-hydrogen) atoms. The summed E-state index contributed by atoms with van der Waals surface area (Å²) in [5.41, 5.74) is 4.99. The normalized spacial score (nSPS) is 18.5. The molecular weight excluding hydrogens is 450 g/mol. The van der Waals surface area contributed by atoms with Gasteiger partial charge in [0.15, 0.2) is 0 Å². The van der Waals surface area contributed by atoms with Crippen molar-refractivity contribution in [3.63, 3.8) is 0 Å². The van der Waals surface area contributed by atoms with E-state index in [1.54, 1.807) is 0 Å².